The number of carbonyl (C=O) groups is 1. The molecule has 0 aromatic carbocycles. The van der Waals surface area contributed by atoms with Crippen LogP contribution < -0.4 is 5.32 Å². The van der Waals surface area contributed by atoms with Crippen molar-refractivity contribution in [3.05, 3.63) is 23.8 Å². The summed E-state index contributed by atoms with van der Waals surface area (Å²) in [5.74, 6) is -0.732. The number of halogens is 1. The summed E-state index contributed by atoms with van der Waals surface area (Å²) < 4.78 is 19.1. The van der Waals surface area contributed by atoms with Crippen molar-refractivity contribution in [3.63, 3.8) is 0 Å². The highest BCUT2D eigenvalue weighted by atomic mass is 28.4. The molecule has 1 aromatic heterocycles. The van der Waals surface area contributed by atoms with E-state index in [1.807, 2.05) is 0 Å². The van der Waals surface area contributed by atoms with Gasteiger partial charge in [0.25, 0.3) is 0 Å². The van der Waals surface area contributed by atoms with Gasteiger partial charge in [-0.15, -0.1) is 0 Å². The summed E-state index contributed by atoms with van der Waals surface area (Å²) in [5.41, 5.74) is 0.697. The van der Waals surface area contributed by atoms with Gasteiger partial charge in [-0.1, -0.05) is 20.8 Å². The Balaban J connectivity index is 2.90. The number of carboxylic acid groups (broad SMARTS) is 1. The zero-order valence-corrected chi connectivity index (χ0v) is 13.5. The Morgan fingerprint density at radius 2 is 2.10 bits per heavy atom. The van der Waals surface area contributed by atoms with Crippen LogP contribution in [0.2, 0.25) is 18.1 Å². The molecule has 0 aliphatic carbocycles. The Bertz CT molecular complexity index is 501. The van der Waals surface area contributed by atoms with E-state index in [1.165, 1.54) is 6.20 Å². The SMILES string of the molecule is CC(C)(C)[Si](C)(C)OCc1cnc(F)cc1NC(=O)O. The molecule has 0 saturated carbocycles. The van der Waals surface area contributed by atoms with Crippen molar-refractivity contribution in [2.45, 2.75) is 45.5 Å². The first-order valence-electron chi connectivity index (χ1n) is 6.31. The molecule has 1 heterocycles. The highest BCUT2D eigenvalue weighted by Crippen LogP contribution is 2.37. The molecule has 0 fully saturated rings. The molecular formula is C13H21FN2O3Si. The third kappa shape index (κ3) is 4.28. The van der Waals surface area contributed by atoms with Crippen LogP contribution in [-0.4, -0.2) is 24.5 Å². The fraction of sp³-hybridized carbons (Fsp3) is 0.538. The minimum absolute atomic E-state index is 0.0425. The van der Waals surface area contributed by atoms with Crippen LogP contribution in [0.5, 0.6) is 0 Å². The number of rotatable bonds is 4. The van der Waals surface area contributed by atoms with Gasteiger partial charge in [-0.2, -0.15) is 4.39 Å². The van der Waals surface area contributed by atoms with E-state index in [0.29, 0.717) is 5.56 Å². The van der Waals surface area contributed by atoms with Gasteiger partial charge in [0.2, 0.25) is 5.95 Å². The maximum Gasteiger partial charge on any atom is 0.409 e. The van der Waals surface area contributed by atoms with Crippen LogP contribution in [-0.2, 0) is 11.0 Å². The molecule has 0 atom stereocenters. The second kappa shape index (κ2) is 5.88. The van der Waals surface area contributed by atoms with Crippen LogP contribution in [0.3, 0.4) is 0 Å². The van der Waals surface area contributed by atoms with Gasteiger partial charge >= 0.3 is 6.09 Å². The van der Waals surface area contributed by atoms with E-state index in [1.54, 1.807) is 0 Å². The van der Waals surface area contributed by atoms with Crippen molar-refractivity contribution in [2.24, 2.45) is 0 Å². The third-order valence-electron chi connectivity index (χ3n) is 3.59. The van der Waals surface area contributed by atoms with E-state index in [9.17, 15) is 9.18 Å². The van der Waals surface area contributed by atoms with Crippen LogP contribution in [0.15, 0.2) is 12.3 Å². The monoisotopic (exact) mass is 300 g/mol. The van der Waals surface area contributed by atoms with E-state index >= 15 is 0 Å². The topological polar surface area (TPSA) is 71.5 Å². The zero-order valence-electron chi connectivity index (χ0n) is 12.5. The number of amides is 1. The van der Waals surface area contributed by atoms with E-state index < -0.39 is 20.4 Å². The highest BCUT2D eigenvalue weighted by Gasteiger charge is 2.37. The average Bonchev–Trinajstić information content (AvgIpc) is 2.25. The summed E-state index contributed by atoms with van der Waals surface area (Å²) in [7, 11) is -1.96. The molecule has 20 heavy (non-hydrogen) atoms. The molecule has 1 aromatic rings. The number of nitrogens with zero attached hydrogens (tertiary/aromatic N) is 1. The van der Waals surface area contributed by atoms with Crippen LogP contribution in [0, 0.1) is 5.95 Å². The Kier molecular flexibility index (Phi) is 4.88. The normalized spacial score (nSPS) is 12.3. The molecule has 2 N–H and O–H groups in total. The molecule has 1 rings (SSSR count). The average molecular weight is 300 g/mol. The van der Waals surface area contributed by atoms with Crippen molar-refractivity contribution in [1.82, 2.24) is 4.98 Å². The standard InChI is InChI=1S/C13H21FN2O3Si/c1-13(2,3)20(4,5)19-8-9-7-15-11(14)6-10(9)16-12(17)18/h6-7H,8H2,1-5H3,(H,15,16)(H,17,18). The largest absolute Gasteiger partial charge is 0.465 e. The van der Waals surface area contributed by atoms with Gasteiger partial charge in [-0.25, -0.2) is 9.78 Å². The maximum atomic E-state index is 13.1. The lowest BCUT2D eigenvalue weighted by atomic mass is 10.2. The van der Waals surface area contributed by atoms with Crippen molar-refractivity contribution < 1.29 is 18.7 Å². The molecule has 0 radical (unpaired) electrons. The van der Waals surface area contributed by atoms with Gasteiger partial charge in [-0.3, -0.25) is 5.32 Å². The molecule has 1 amide bonds. The Morgan fingerprint density at radius 1 is 1.50 bits per heavy atom. The third-order valence-corrected chi connectivity index (χ3v) is 8.07. The zero-order chi connectivity index (χ0) is 15.6. The van der Waals surface area contributed by atoms with Gasteiger partial charge in [0, 0.05) is 17.8 Å². The first kappa shape index (κ1) is 16.6. The minimum atomic E-state index is -1.96. The lowest BCUT2D eigenvalue weighted by molar-refractivity contribution is 0.209. The quantitative estimate of drug-likeness (QED) is 0.655. The van der Waals surface area contributed by atoms with Crippen molar-refractivity contribution in [1.29, 1.82) is 0 Å². The first-order valence-corrected chi connectivity index (χ1v) is 9.22. The van der Waals surface area contributed by atoms with E-state index in [2.05, 4.69) is 44.2 Å². The minimum Gasteiger partial charge on any atom is -0.465 e. The number of anilines is 1. The van der Waals surface area contributed by atoms with Gasteiger partial charge in [-0.05, 0) is 18.1 Å². The molecule has 0 aliphatic heterocycles. The fourth-order valence-corrected chi connectivity index (χ4v) is 2.23. The summed E-state index contributed by atoms with van der Waals surface area (Å²) in [5, 5.41) is 11.0. The van der Waals surface area contributed by atoms with Crippen molar-refractivity contribution in [2.75, 3.05) is 5.32 Å². The molecule has 0 aliphatic rings. The molecule has 7 heteroatoms. The van der Waals surface area contributed by atoms with E-state index in [4.69, 9.17) is 9.53 Å². The molecule has 5 nitrogen and oxygen atoms in total. The molecule has 0 spiro atoms. The maximum absolute atomic E-state index is 13.1. The predicted molar refractivity (Wildman–Crippen MR) is 77.8 cm³/mol. The van der Waals surface area contributed by atoms with Crippen molar-refractivity contribution in [3.8, 4) is 0 Å². The highest BCUT2D eigenvalue weighted by molar-refractivity contribution is 6.74. The van der Waals surface area contributed by atoms with Crippen LogP contribution >= 0.6 is 0 Å². The number of hydrogen-bond donors (Lipinski definition) is 2. The van der Waals surface area contributed by atoms with Crippen LogP contribution in [0.1, 0.15) is 26.3 Å². The molecule has 112 valence electrons. The second-order valence-electron chi connectivity index (χ2n) is 6.14. The number of hydrogen-bond acceptors (Lipinski definition) is 3. The van der Waals surface area contributed by atoms with Gasteiger partial charge in [0.05, 0.1) is 12.3 Å². The summed E-state index contributed by atoms with van der Waals surface area (Å²) in [6.45, 7) is 10.7. The Labute approximate surface area is 119 Å². The lowest BCUT2D eigenvalue weighted by Gasteiger charge is -2.36. The lowest BCUT2D eigenvalue weighted by Crippen LogP contribution is -2.40. The summed E-state index contributed by atoms with van der Waals surface area (Å²) in [6.07, 6.45) is 0.0532. The Morgan fingerprint density at radius 3 is 2.60 bits per heavy atom. The van der Waals surface area contributed by atoms with E-state index in [0.717, 1.165) is 6.07 Å². The number of aromatic nitrogens is 1. The number of nitrogens with one attached hydrogen (secondary N) is 1. The van der Waals surface area contributed by atoms with Crippen LogP contribution in [0.4, 0.5) is 14.9 Å². The first-order chi connectivity index (χ1) is 9.03. The van der Waals surface area contributed by atoms with Gasteiger partial charge in [0.15, 0.2) is 8.32 Å². The molecule has 0 saturated heterocycles. The molecular weight excluding hydrogens is 279 g/mol. The Hall–Kier alpha value is -1.47. The van der Waals surface area contributed by atoms with Gasteiger partial charge < -0.3 is 9.53 Å². The summed E-state index contributed by atoms with van der Waals surface area (Å²) in [6, 6.07) is 1.05. The molecule has 0 bridgehead atoms. The van der Waals surface area contributed by atoms with Crippen LogP contribution in [0.25, 0.3) is 0 Å². The predicted octanol–water partition coefficient (Wildman–Crippen LogP) is 3.83. The molecule has 0 unspecified atom stereocenters. The summed E-state index contributed by atoms with van der Waals surface area (Å²) >= 11 is 0. The van der Waals surface area contributed by atoms with Gasteiger partial charge in [0.1, 0.15) is 0 Å². The fourth-order valence-electron chi connectivity index (χ4n) is 1.28. The number of pyridine rings is 1. The van der Waals surface area contributed by atoms with Crippen molar-refractivity contribution >= 4 is 20.1 Å². The smallest absolute Gasteiger partial charge is 0.409 e. The van der Waals surface area contributed by atoms with E-state index in [-0.39, 0.29) is 17.3 Å². The second-order valence-corrected chi connectivity index (χ2v) is 11.0. The summed E-state index contributed by atoms with van der Waals surface area (Å²) in [4.78, 5) is 14.3.